The summed E-state index contributed by atoms with van der Waals surface area (Å²) in [6.07, 6.45) is 11.2. The van der Waals surface area contributed by atoms with Gasteiger partial charge in [-0.05, 0) is 38.5 Å². The fraction of sp³-hybridized carbons (Fsp3) is 0.880. The van der Waals surface area contributed by atoms with Crippen LogP contribution in [0.3, 0.4) is 0 Å². The van der Waals surface area contributed by atoms with E-state index in [2.05, 4.69) is 18.6 Å². The monoisotopic (exact) mass is 464 g/mol. The van der Waals surface area contributed by atoms with Gasteiger partial charge in [-0.1, -0.05) is 80.1 Å². The Morgan fingerprint density at radius 2 is 0.781 bits per heavy atom. The van der Waals surface area contributed by atoms with Gasteiger partial charge in [0.15, 0.2) is 0 Å². The molecule has 0 heterocycles. The van der Waals surface area contributed by atoms with Crippen molar-refractivity contribution in [3.05, 3.63) is 0 Å². The number of hydrogen-bond donors (Lipinski definition) is 2. The third-order valence-electron chi connectivity index (χ3n) is 5.06. The molecule has 7 nitrogen and oxygen atoms in total. The van der Waals surface area contributed by atoms with Crippen molar-refractivity contribution in [1.29, 1.82) is 0 Å². The van der Waals surface area contributed by atoms with Gasteiger partial charge in [-0.3, -0.25) is 14.4 Å². The molecule has 0 saturated carbocycles. The van der Waals surface area contributed by atoms with Crippen molar-refractivity contribution in [2.75, 3.05) is 7.11 Å². The number of carbonyl (C=O) groups excluding carboxylic acids is 1. The molecule has 0 amide bonds. The second kappa shape index (κ2) is 27.4. The molecule has 0 fully saturated rings. The van der Waals surface area contributed by atoms with Crippen LogP contribution in [0, 0.1) is 17.8 Å². The van der Waals surface area contributed by atoms with Gasteiger partial charge in [0, 0.05) is 0 Å². The van der Waals surface area contributed by atoms with E-state index in [-0.39, 0.29) is 29.2 Å². The second-order valence-corrected chi connectivity index (χ2v) is 8.02. The van der Waals surface area contributed by atoms with E-state index in [1.165, 1.54) is 7.11 Å². The lowest BCUT2D eigenvalue weighted by atomic mass is 9.99. The summed E-state index contributed by atoms with van der Waals surface area (Å²) in [6.45, 7) is 12.3. The van der Waals surface area contributed by atoms with Crippen LogP contribution in [0.2, 0.25) is 0 Å². The third-order valence-corrected chi connectivity index (χ3v) is 5.06. The Balaban J connectivity index is -0.000000181. The van der Waals surface area contributed by atoms with Crippen LogP contribution in [0.5, 0.6) is 0 Å². The van der Waals surface area contributed by atoms with Crippen molar-refractivity contribution >= 4 is 17.9 Å². The van der Waals surface area contributed by atoms with Crippen LogP contribution in [0.4, 0.5) is 0 Å². The number of rotatable bonds is 15. The molecule has 0 saturated heterocycles. The molecule has 0 aromatic rings. The van der Waals surface area contributed by atoms with E-state index in [1.54, 1.807) is 0 Å². The Labute approximate surface area is 196 Å². The smallest absolute Gasteiger partial charge is 0.308 e. The normalized spacial score (nSPS) is 9.94. The fourth-order valence-electron chi connectivity index (χ4n) is 3.42. The maximum atomic E-state index is 11.1. The molecule has 0 rings (SSSR count). The van der Waals surface area contributed by atoms with Gasteiger partial charge in [0.25, 0.3) is 0 Å². The predicted molar refractivity (Wildman–Crippen MR) is 131 cm³/mol. The molecule has 0 aromatic heterocycles. The zero-order valence-corrected chi connectivity index (χ0v) is 21.7. The number of ether oxygens (including phenoxy) is 1. The van der Waals surface area contributed by atoms with Crippen molar-refractivity contribution in [3.8, 4) is 0 Å². The molecule has 7 heteroatoms. The van der Waals surface area contributed by atoms with Gasteiger partial charge < -0.3 is 20.4 Å². The molecular weight excluding hydrogens is 412 g/mol. The molecule has 0 unspecified atom stereocenters. The Hall–Kier alpha value is -1.63. The van der Waals surface area contributed by atoms with E-state index in [1.807, 2.05) is 27.7 Å². The number of carboxylic acids is 2. The minimum Gasteiger partial charge on any atom is -0.481 e. The van der Waals surface area contributed by atoms with Crippen LogP contribution in [0.15, 0.2) is 0 Å². The van der Waals surface area contributed by atoms with Crippen LogP contribution < -0.4 is 0 Å². The molecule has 32 heavy (non-hydrogen) atoms. The molecular formula is C25H52O7. The molecule has 0 aliphatic rings. The standard InChI is InChI=1S/C9H18O2.2C8H16O2.H2O/c1-4-6-8(7-5-2)9(10)11-3;2*1-3-5-7(6-4-2)8(9)10;/h8H,4-7H2,1-3H3;2*7H,3-6H2,1-2H3,(H,9,10);1H2. The number of aliphatic carboxylic acids is 2. The molecule has 0 bridgehead atoms. The summed E-state index contributed by atoms with van der Waals surface area (Å²) in [5, 5.41) is 17.3. The van der Waals surface area contributed by atoms with Crippen molar-refractivity contribution < 1.29 is 34.8 Å². The number of carboxylic acid groups (broad SMARTS) is 2. The number of hydrogen-bond acceptors (Lipinski definition) is 4. The van der Waals surface area contributed by atoms with Gasteiger partial charge in [-0.25, -0.2) is 0 Å². The van der Waals surface area contributed by atoms with Crippen LogP contribution in [-0.2, 0) is 19.1 Å². The van der Waals surface area contributed by atoms with E-state index in [0.717, 1.165) is 77.0 Å². The van der Waals surface area contributed by atoms with Gasteiger partial charge in [0.2, 0.25) is 0 Å². The topological polar surface area (TPSA) is 132 Å². The first-order valence-electron chi connectivity index (χ1n) is 12.2. The van der Waals surface area contributed by atoms with Crippen LogP contribution in [0.25, 0.3) is 0 Å². The maximum absolute atomic E-state index is 11.1. The van der Waals surface area contributed by atoms with Crippen molar-refractivity contribution in [2.24, 2.45) is 17.8 Å². The summed E-state index contributed by atoms with van der Waals surface area (Å²) in [6, 6.07) is 0. The highest BCUT2D eigenvalue weighted by atomic mass is 16.5. The predicted octanol–water partition coefficient (Wildman–Crippen LogP) is 6.13. The largest absolute Gasteiger partial charge is 0.481 e. The van der Waals surface area contributed by atoms with E-state index in [0.29, 0.717) is 0 Å². The Morgan fingerprint density at radius 1 is 0.562 bits per heavy atom. The fourth-order valence-corrected chi connectivity index (χ4v) is 3.42. The van der Waals surface area contributed by atoms with Crippen molar-refractivity contribution in [2.45, 2.75) is 119 Å². The average molecular weight is 465 g/mol. The van der Waals surface area contributed by atoms with Gasteiger partial charge >= 0.3 is 17.9 Å². The zero-order chi connectivity index (χ0) is 24.7. The van der Waals surface area contributed by atoms with Gasteiger partial charge in [0.1, 0.15) is 0 Å². The molecule has 194 valence electrons. The molecule has 0 aliphatic carbocycles. The highest BCUT2D eigenvalue weighted by molar-refractivity contribution is 5.72. The number of esters is 1. The van der Waals surface area contributed by atoms with Gasteiger partial charge in [-0.15, -0.1) is 0 Å². The highest BCUT2D eigenvalue weighted by Crippen LogP contribution is 2.15. The average Bonchev–Trinajstić information content (AvgIpc) is 2.73. The maximum Gasteiger partial charge on any atom is 0.308 e. The molecule has 0 spiro atoms. The summed E-state index contributed by atoms with van der Waals surface area (Å²) in [7, 11) is 1.46. The van der Waals surface area contributed by atoms with Gasteiger partial charge in [-0.2, -0.15) is 0 Å². The van der Waals surface area contributed by atoms with Crippen molar-refractivity contribution in [1.82, 2.24) is 0 Å². The summed E-state index contributed by atoms with van der Waals surface area (Å²) >= 11 is 0. The Bertz CT molecular complexity index is 394. The first-order chi connectivity index (χ1) is 14.7. The van der Waals surface area contributed by atoms with E-state index < -0.39 is 11.9 Å². The first kappa shape index (κ1) is 37.7. The van der Waals surface area contributed by atoms with E-state index >= 15 is 0 Å². The highest BCUT2D eigenvalue weighted by Gasteiger charge is 2.16. The summed E-state index contributed by atoms with van der Waals surface area (Å²) in [5.74, 6) is -1.39. The molecule has 0 atom stereocenters. The molecule has 0 aliphatic heterocycles. The summed E-state index contributed by atoms with van der Waals surface area (Å²) in [4.78, 5) is 32.0. The number of carbonyl (C=O) groups is 3. The summed E-state index contributed by atoms with van der Waals surface area (Å²) in [5.41, 5.74) is 0. The van der Waals surface area contributed by atoms with Crippen molar-refractivity contribution in [3.63, 3.8) is 0 Å². The molecule has 0 radical (unpaired) electrons. The quantitative estimate of drug-likeness (QED) is 0.280. The molecule has 0 aromatic carbocycles. The second-order valence-electron chi connectivity index (χ2n) is 8.02. The minimum atomic E-state index is -0.635. The van der Waals surface area contributed by atoms with E-state index in [4.69, 9.17) is 10.2 Å². The SMILES string of the molecule is CCCC(CCC)C(=O)O.CCCC(CCC)C(=O)O.CCCC(CCC)C(=O)OC.O. The lowest BCUT2D eigenvalue weighted by Crippen LogP contribution is -2.15. The van der Waals surface area contributed by atoms with Crippen LogP contribution in [-0.4, -0.2) is 40.7 Å². The minimum absolute atomic E-state index is 0. The molecule has 4 N–H and O–H groups in total. The van der Waals surface area contributed by atoms with Crippen LogP contribution in [0.1, 0.15) is 119 Å². The zero-order valence-electron chi connectivity index (χ0n) is 21.7. The van der Waals surface area contributed by atoms with Crippen LogP contribution >= 0.6 is 0 Å². The first-order valence-corrected chi connectivity index (χ1v) is 12.2. The lowest BCUT2D eigenvalue weighted by Gasteiger charge is -2.11. The number of methoxy groups -OCH3 is 1. The lowest BCUT2D eigenvalue weighted by molar-refractivity contribution is -0.146. The third kappa shape index (κ3) is 23.0. The Kier molecular flexibility index (Phi) is 32.3. The Morgan fingerprint density at radius 3 is 0.938 bits per heavy atom. The summed E-state index contributed by atoms with van der Waals surface area (Å²) < 4.78 is 4.68. The van der Waals surface area contributed by atoms with E-state index in [9.17, 15) is 14.4 Å². The van der Waals surface area contributed by atoms with Gasteiger partial charge in [0.05, 0.1) is 24.9 Å².